The van der Waals surface area contributed by atoms with Crippen molar-refractivity contribution >= 4 is 109 Å². The maximum atomic E-state index is 12.4. The number of azo groups is 2. The third kappa shape index (κ3) is 9.37. The smallest absolute Gasteiger partial charge is 0.395 e. The van der Waals surface area contributed by atoms with Crippen molar-refractivity contribution in [2.24, 2.45) is 20.5 Å². The van der Waals surface area contributed by atoms with Gasteiger partial charge in [-0.05, 0) is 71.8 Å². The predicted octanol–water partition coefficient (Wildman–Crippen LogP) is 2.94. The van der Waals surface area contributed by atoms with Gasteiger partial charge in [0, 0.05) is 23.2 Å². The minimum Gasteiger partial charge on any atom is -0.395 e. The molecule has 6 rings (SSSR count). The summed E-state index contributed by atoms with van der Waals surface area (Å²) in [6, 6.07) is 14.1. The van der Waals surface area contributed by atoms with Crippen molar-refractivity contribution in [3.05, 3.63) is 96.3 Å². The van der Waals surface area contributed by atoms with Crippen LogP contribution in [0.4, 0.5) is 34.1 Å². The molecule has 0 spiro atoms. The summed E-state index contributed by atoms with van der Waals surface area (Å²) >= 11 is 0. The van der Waals surface area contributed by atoms with Crippen LogP contribution in [0.5, 0.6) is 0 Å². The average molecular weight is 864 g/mol. The van der Waals surface area contributed by atoms with Crippen LogP contribution in [0.25, 0.3) is 34.0 Å². The Morgan fingerprint density at radius 3 is 1.18 bits per heavy atom. The molecule has 20 nitrogen and oxygen atoms in total. The molecule has 0 saturated heterocycles. The van der Waals surface area contributed by atoms with Crippen LogP contribution in [0.3, 0.4) is 0 Å². The van der Waals surface area contributed by atoms with Gasteiger partial charge in [0.05, 0.1) is 33.8 Å². The molecule has 8 N–H and O–H groups in total. The molecule has 2 aromatic heterocycles. The topological polar surface area (TPSA) is 345 Å². The molecule has 4 aromatic carbocycles. The average Bonchev–Trinajstić information content (AvgIpc) is 3.12. The van der Waals surface area contributed by atoms with Gasteiger partial charge in [0.2, 0.25) is 0 Å². The van der Waals surface area contributed by atoms with Gasteiger partial charge in [0.25, 0.3) is 40.5 Å². The Morgan fingerprint density at radius 1 is 0.491 bits per heavy atom. The monoisotopic (exact) mass is 863 g/mol. The van der Waals surface area contributed by atoms with Gasteiger partial charge in [-0.25, -0.2) is 0 Å². The number of hydrogen-bond donors (Lipinski definition) is 6. The molecule has 0 bridgehead atoms. The number of nitrogens with zero attached hydrogens (tertiary/aromatic N) is 6. The Hall–Kier alpha value is -5.12. The number of rotatable bonds is 10. The minimum absolute atomic E-state index is 0. The number of aromatic nitrogens is 2. The van der Waals surface area contributed by atoms with E-state index >= 15 is 0 Å². The van der Waals surface area contributed by atoms with E-state index in [2.05, 4.69) is 30.4 Å². The van der Waals surface area contributed by atoms with Crippen molar-refractivity contribution in [3.63, 3.8) is 0 Å². The largest absolute Gasteiger partial charge is 1.00 e. The Balaban J connectivity index is 0.00000620. The first-order chi connectivity index (χ1) is 26.1. The zero-order valence-electron chi connectivity index (χ0n) is 28.8. The second-order valence-corrected chi connectivity index (χ2v) is 17.1. The Labute approximate surface area is 345 Å². The Bertz CT molecular complexity index is 2970. The molecular weight excluding hydrogens is 840 g/mol. The van der Waals surface area contributed by atoms with Gasteiger partial charge < -0.3 is 11.5 Å². The number of nitrogen functional groups attached to an aromatic ring is 2. The number of benzene rings is 4. The zero-order chi connectivity index (χ0) is 40.8. The molecule has 288 valence electrons. The summed E-state index contributed by atoms with van der Waals surface area (Å²) in [5.41, 5.74) is 10.7. The van der Waals surface area contributed by atoms with Crippen LogP contribution in [0.15, 0.2) is 125 Å². The Morgan fingerprint density at radius 2 is 0.842 bits per heavy atom. The number of anilines is 2. The van der Waals surface area contributed by atoms with Gasteiger partial charge in [-0.15, -0.1) is 10.2 Å². The first-order valence-electron chi connectivity index (χ1n) is 15.2. The van der Waals surface area contributed by atoms with E-state index < -0.39 is 60.1 Å². The summed E-state index contributed by atoms with van der Waals surface area (Å²) < 4.78 is 137. The summed E-state index contributed by atoms with van der Waals surface area (Å²) in [4.78, 5) is 5.48. The third-order valence-corrected chi connectivity index (χ3v) is 11.4. The molecule has 0 amide bonds. The molecule has 0 saturated carbocycles. The SMILES string of the molecule is Nc1c(N=Nc2ccc(/C=C/c3ccc(N=Nc4cc(S(=O)(=O)O)c5cccnc5c4N)cc3S(=O)(=O)O)c(S(=O)(=O)O)c2)cc(S(=O)(=O)O)c2cccnc12.[Na+]. The first-order valence-corrected chi connectivity index (χ1v) is 20.9. The van der Waals surface area contributed by atoms with Crippen LogP contribution in [0.1, 0.15) is 11.1 Å². The number of pyridine rings is 2. The van der Waals surface area contributed by atoms with Gasteiger partial charge >= 0.3 is 29.6 Å². The molecular formula is C32H24N8NaO12S4+. The maximum absolute atomic E-state index is 12.4. The van der Waals surface area contributed by atoms with Crippen molar-refractivity contribution in [1.29, 1.82) is 0 Å². The van der Waals surface area contributed by atoms with E-state index in [1.807, 2.05) is 0 Å². The minimum atomic E-state index is -4.98. The number of hydrogen-bond acceptors (Lipinski definition) is 16. The van der Waals surface area contributed by atoms with E-state index in [1.165, 1.54) is 60.9 Å². The second kappa shape index (κ2) is 16.0. The molecule has 0 aliphatic carbocycles. The molecule has 25 heteroatoms. The molecule has 0 aliphatic rings. The maximum Gasteiger partial charge on any atom is 1.00 e. The van der Waals surface area contributed by atoms with Crippen molar-refractivity contribution in [2.45, 2.75) is 19.6 Å². The van der Waals surface area contributed by atoms with Crippen LogP contribution in [-0.2, 0) is 40.5 Å². The number of fused-ring (bicyclic) bond motifs is 2. The summed E-state index contributed by atoms with van der Waals surface area (Å²) in [7, 11) is -19.5. The van der Waals surface area contributed by atoms with Gasteiger partial charge in [0.15, 0.2) is 0 Å². The van der Waals surface area contributed by atoms with Crippen LogP contribution in [-0.4, -0.2) is 61.9 Å². The molecule has 0 unspecified atom stereocenters. The van der Waals surface area contributed by atoms with Gasteiger partial charge in [0.1, 0.15) is 31.0 Å². The summed E-state index contributed by atoms with van der Waals surface area (Å²) in [5, 5.41) is 15.6. The number of nitrogens with two attached hydrogens (primary N) is 2. The second-order valence-electron chi connectivity index (χ2n) is 11.5. The first kappa shape index (κ1) is 43.0. The van der Waals surface area contributed by atoms with E-state index in [-0.39, 0.29) is 96.6 Å². The molecule has 57 heavy (non-hydrogen) atoms. The quantitative estimate of drug-likeness (QED) is 0.0379. The standard InChI is InChI=1S/C32H24N8O12S4.Na/c33-29-23(15-27(55(47,48)49)21-3-1-11-35-31(21)29)39-37-19-9-7-17(25(13-19)53(41,42)43)5-6-18-8-10-20(14-26(18)54(44,45)46)38-40-24-16-28(56(50,51)52)22-4-2-12-36-32(22)30(24)34;/h1-16H,33-34H2,(H,41,42,43)(H,44,45,46)(H,47,48,49)(H,50,51,52);/q;+1/b6-5+,39-37?,40-38?;. The van der Waals surface area contributed by atoms with Crippen LogP contribution < -0.4 is 41.0 Å². The summed E-state index contributed by atoms with van der Waals surface area (Å²) in [6.45, 7) is 0. The van der Waals surface area contributed by atoms with Gasteiger partial charge in [-0.3, -0.25) is 28.2 Å². The Kier molecular flexibility index (Phi) is 12.1. The van der Waals surface area contributed by atoms with Crippen molar-refractivity contribution in [3.8, 4) is 0 Å². The molecule has 0 radical (unpaired) electrons. The fourth-order valence-electron chi connectivity index (χ4n) is 5.33. The molecule has 0 aliphatic heterocycles. The van der Waals surface area contributed by atoms with Gasteiger partial charge in [-0.1, -0.05) is 24.3 Å². The van der Waals surface area contributed by atoms with E-state index in [4.69, 9.17) is 11.5 Å². The summed E-state index contributed by atoms with van der Waals surface area (Å²) in [6.07, 6.45) is 4.84. The van der Waals surface area contributed by atoms with Crippen LogP contribution in [0, 0.1) is 0 Å². The van der Waals surface area contributed by atoms with Crippen LogP contribution in [0.2, 0.25) is 0 Å². The molecule has 0 atom stereocenters. The van der Waals surface area contributed by atoms with Gasteiger partial charge in [-0.2, -0.15) is 43.9 Å². The molecule has 2 heterocycles. The van der Waals surface area contributed by atoms with E-state index in [0.29, 0.717) is 0 Å². The van der Waals surface area contributed by atoms with Crippen LogP contribution >= 0.6 is 0 Å². The van der Waals surface area contributed by atoms with Crippen molar-refractivity contribution in [1.82, 2.24) is 9.97 Å². The third-order valence-electron chi connectivity index (χ3n) is 7.84. The van der Waals surface area contributed by atoms with Crippen molar-refractivity contribution < 1.29 is 81.4 Å². The zero-order valence-corrected chi connectivity index (χ0v) is 34.0. The predicted molar refractivity (Wildman–Crippen MR) is 202 cm³/mol. The summed E-state index contributed by atoms with van der Waals surface area (Å²) in [5.74, 6) is 0. The fraction of sp³-hybridized carbons (Fsp3) is 0. The fourth-order valence-corrected chi connectivity index (χ4v) is 8.14. The normalized spacial score (nSPS) is 12.9. The van der Waals surface area contributed by atoms with E-state index in [0.717, 1.165) is 36.4 Å². The van der Waals surface area contributed by atoms with Crippen molar-refractivity contribution in [2.75, 3.05) is 11.5 Å². The molecule has 0 fully saturated rings. The molecule has 6 aromatic rings. The van der Waals surface area contributed by atoms with E-state index in [1.54, 1.807) is 0 Å². The van der Waals surface area contributed by atoms with E-state index in [9.17, 15) is 51.9 Å².